The van der Waals surface area contributed by atoms with E-state index >= 15 is 0 Å². The average molecular weight is 142 g/mol. The lowest BCUT2D eigenvalue weighted by Gasteiger charge is -2.25. The zero-order chi connectivity index (χ0) is 7.40. The Labute approximate surface area is 63.6 Å². The van der Waals surface area contributed by atoms with Crippen molar-refractivity contribution in [3.8, 4) is 0 Å². The summed E-state index contributed by atoms with van der Waals surface area (Å²) < 4.78 is 0. The lowest BCUT2D eigenvalue weighted by atomic mass is 10.1. The number of likely N-dealkylation sites (N-methyl/N-ethyl adjacent to an activating group) is 1. The molecule has 0 bridgehead atoms. The first-order valence-corrected chi connectivity index (χ1v) is 4.17. The zero-order valence-electron chi connectivity index (χ0n) is 7.06. The molecule has 1 heterocycles. The fourth-order valence-corrected chi connectivity index (χ4v) is 1.52. The van der Waals surface area contributed by atoms with Crippen LogP contribution < -0.4 is 5.32 Å². The molecule has 0 spiro atoms. The van der Waals surface area contributed by atoms with Gasteiger partial charge < -0.3 is 10.2 Å². The number of hydrogen-bond acceptors (Lipinski definition) is 2. The molecule has 1 rings (SSSR count). The van der Waals surface area contributed by atoms with E-state index in [1.165, 1.54) is 32.4 Å². The molecule has 0 aliphatic carbocycles. The molecule has 0 saturated carbocycles. The molecule has 0 aromatic rings. The minimum atomic E-state index is 0.753. The zero-order valence-corrected chi connectivity index (χ0v) is 7.06. The second kappa shape index (κ2) is 3.94. The molecule has 2 nitrogen and oxygen atoms in total. The van der Waals surface area contributed by atoms with Gasteiger partial charge in [-0.3, -0.25) is 0 Å². The Morgan fingerprint density at radius 1 is 1.40 bits per heavy atom. The molecule has 2 heteroatoms. The molecule has 60 valence electrons. The van der Waals surface area contributed by atoms with Crippen LogP contribution >= 0.6 is 0 Å². The molecule has 1 atom stereocenters. The maximum Gasteiger partial charge on any atom is 0.0194 e. The van der Waals surface area contributed by atoms with Crippen molar-refractivity contribution in [1.29, 1.82) is 0 Å². The van der Waals surface area contributed by atoms with Gasteiger partial charge in [0.25, 0.3) is 0 Å². The summed E-state index contributed by atoms with van der Waals surface area (Å²) in [6, 6.07) is 0.753. The topological polar surface area (TPSA) is 15.3 Å². The Balaban J connectivity index is 2.13. The highest BCUT2D eigenvalue weighted by molar-refractivity contribution is 4.73. The first-order chi connectivity index (χ1) is 4.79. The molecule has 1 fully saturated rings. The molecule has 1 unspecified atom stereocenters. The lowest BCUT2D eigenvalue weighted by Crippen LogP contribution is -2.41. The summed E-state index contributed by atoms with van der Waals surface area (Å²) in [6.45, 7) is 2.42. The van der Waals surface area contributed by atoms with Gasteiger partial charge in [-0.05, 0) is 33.5 Å². The Morgan fingerprint density at radius 3 is 2.70 bits per heavy atom. The van der Waals surface area contributed by atoms with Crippen molar-refractivity contribution in [2.75, 3.05) is 27.2 Å². The van der Waals surface area contributed by atoms with Crippen LogP contribution in [0.25, 0.3) is 0 Å². The second-order valence-corrected chi connectivity index (χ2v) is 3.41. The van der Waals surface area contributed by atoms with Gasteiger partial charge in [0.1, 0.15) is 0 Å². The number of nitrogens with one attached hydrogen (secondary N) is 1. The van der Waals surface area contributed by atoms with Gasteiger partial charge in [0.2, 0.25) is 0 Å². The first kappa shape index (κ1) is 8.02. The third kappa shape index (κ3) is 2.67. The van der Waals surface area contributed by atoms with Gasteiger partial charge in [-0.15, -0.1) is 0 Å². The summed E-state index contributed by atoms with van der Waals surface area (Å²) in [5.74, 6) is 0. The van der Waals surface area contributed by atoms with E-state index in [9.17, 15) is 0 Å². The van der Waals surface area contributed by atoms with Gasteiger partial charge in [0.15, 0.2) is 0 Å². The van der Waals surface area contributed by atoms with Gasteiger partial charge >= 0.3 is 0 Å². The molecule has 1 aliphatic heterocycles. The van der Waals surface area contributed by atoms with Crippen molar-refractivity contribution < 1.29 is 0 Å². The Morgan fingerprint density at radius 2 is 2.20 bits per heavy atom. The van der Waals surface area contributed by atoms with Gasteiger partial charge in [-0.25, -0.2) is 0 Å². The van der Waals surface area contributed by atoms with E-state index in [2.05, 4.69) is 24.3 Å². The van der Waals surface area contributed by atoms with Gasteiger partial charge in [-0.2, -0.15) is 0 Å². The molecular formula is C8H18N2. The molecule has 0 aromatic heterocycles. The van der Waals surface area contributed by atoms with Crippen LogP contribution in [0, 0.1) is 0 Å². The van der Waals surface area contributed by atoms with Crippen LogP contribution in [0.15, 0.2) is 0 Å². The van der Waals surface area contributed by atoms with Crippen LogP contribution in [-0.4, -0.2) is 38.1 Å². The van der Waals surface area contributed by atoms with E-state index in [-0.39, 0.29) is 0 Å². The number of hydrogen-bond donors (Lipinski definition) is 1. The Bertz CT molecular complexity index is 85.3. The van der Waals surface area contributed by atoms with E-state index in [1.54, 1.807) is 0 Å². The van der Waals surface area contributed by atoms with Crippen LogP contribution in [0.2, 0.25) is 0 Å². The Kier molecular flexibility index (Phi) is 3.16. The number of nitrogens with zero attached hydrogens (tertiary/aromatic N) is 1. The van der Waals surface area contributed by atoms with Gasteiger partial charge in [0, 0.05) is 12.6 Å². The van der Waals surface area contributed by atoms with Crippen molar-refractivity contribution in [1.82, 2.24) is 10.2 Å². The molecule has 0 amide bonds. The van der Waals surface area contributed by atoms with Crippen molar-refractivity contribution in [2.24, 2.45) is 0 Å². The quantitative estimate of drug-likeness (QED) is 0.610. The van der Waals surface area contributed by atoms with Crippen molar-refractivity contribution in [2.45, 2.75) is 25.3 Å². The first-order valence-electron chi connectivity index (χ1n) is 4.17. The molecule has 0 radical (unpaired) electrons. The summed E-state index contributed by atoms with van der Waals surface area (Å²) in [5.41, 5.74) is 0. The minimum absolute atomic E-state index is 0.753. The maximum atomic E-state index is 3.51. The fraction of sp³-hybridized carbons (Fsp3) is 1.00. The highest BCUT2D eigenvalue weighted by Gasteiger charge is 2.11. The molecule has 1 aliphatic rings. The standard InChI is InChI=1S/C8H18N2/c1-10(2)7-8-5-3-4-6-9-8/h8-9H,3-7H2,1-2H3. The normalized spacial score (nSPS) is 27.3. The predicted octanol–water partition coefficient (Wildman–Crippen LogP) is 0.690. The maximum absolute atomic E-state index is 3.51. The second-order valence-electron chi connectivity index (χ2n) is 3.41. The summed E-state index contributed by atoms with van der Waals surface area (Å²) in [6.07, 6.45) is 4.13. The van der Waals surface area contributed by atoms with Crippen LogP contribution in [0.1, 0.15) is 19.3 Å². The third-order valence-electron chi connectivity index (χ3n) is 2.00. The predicted molar refractivity (Wildman–Crippen MR) is 44.2 cm³/mol. The van der Waals surface area contributed by atoms with Gasteiger partial charge in [0.05, 0.1) is 0 Å². The van der Waals surface area contributed by atoms with Crippen LogP contribution in [0.3, 0.4) is 0 Å². The SMILES string of the molecule is CN(C)CC1CCCCN1. The van der Waals surface area contributed by atoms with E-state index in [1.807, 2.05) is 0 Å². The minimum Gasteiger partial charge on any atom is -0.313 e. The van der Waals surface area contributed by atoms with Crippen molar-refractivity contribution >= 4 is 0 Å². The van der Waals surface area contributed by atoms with E-state index in [4.69, 9.17) is 0 Å². The summed E-state index contributed by atoms with van der Waals surface area (Å²) >= 11 is 0. The monoisotopic (exact) mass is 142 g/mol. The van der Waals surface area contributed by atoms with Crippen molar-refractivity contribution in [3.05, 3.63) is 0 Å². The van der Waals surface area contributed by atoms with Gasteiger partial charge in [-0.1, -0.05) is 6.42 Å². The van der Waals surface area contributed by atoms with Crippen LogP contribution in [-0.2, 0) is 0 Å². The van der Waals surface area contributed by atoms with Crippen molar-refractivity contribution in [3.63, 3.8) is 0 Å². The lowest BCUT2D eigenvalue weighted by molar-refractivity contribution is 0.298. The summed E-state index contributed by atoms with van der Waals surface area (Å²) in [5, 5.41) is 3.51. The van der Waals surface area contributed by atoms with E-state index in [0.717, 1.165) is 6.04 Å². The molecule has 1 N–H and O–H groups in total. The molecule has 10 heavy (non-hydrogen) atoms. The van der Waals surface area contributed by atoms with E-state index in [0.29, 0.717) is 0 Å². The van der Waals surface area contributed by atoms with Crippen LogP contribution in [0.4, 0.5) is 0 Å². The highest BCUT2D eigenvalue weighted by atomic mass is 15.1. The third-order valence-corrected chi connectivity index (χ3v) is 2.00. The average Bonchev–Trinajstić information content (AvgIpc) is 1.88. The summed E-state index contributed by atoms with van der Waals surface area (Å²) in [4.78, 5) is 2.25. The molecule has 0 aromatic carbocycles. The molecular weight excluding hydrogens is 124 g/mol. The van der Waals surface area contributed by atoms with Crippen LogP contribution in [0.5, 0.6) is 0 Å². The number of rotatable bonds is 2. The molecule has 1 saturated heterocycles. The number of piperidine rings is 1. The fourth-order valence-electron chi connectivity index (χ4n) is 1.52. The van der Waals surface area contributed by atoms with E-state index < -0.39 is 0 Å². The highest BCUT2D eigenvalue weighted by Crippen LogP contribution is 2.06. The smallest absolute Gasteiger partial charge is 0.0194 e. The summed E-state index contributed by atoms with van der Waals surface area (Å²) in [7, 11) is 4.27. The Hall–Kier alpha value is -0.0800. The largest absolute Gasteiger partial charge is 0.313 e.